The molecule has 3 aliphatic rings. The summed E-state index contributed by atoms with van der Waals surface area (Å²) in [5, 5.41) is 9.62. The Balaban J connectivity index is 2.08. The van der Waals surface area contributed by atoms with Gasteiger partial charge < -0.3 is 5.11 Å². The molecule has 3 rings (SSSR count). The predicted octanol–water partition coefficient (Wildman–Crippen LogP) is 2.51. The van der Waals surface area contributed by atoms with Crippen molar-refractivity contribution in [1.29, 1.82) is 0 Å². The highest BCUT2D eigenvalue weighted by Gasteiger charge is 2.75. The standard InChI is InChI=1S/C12H18O/c1-10-6-7-11(9-13)4-2-3-5-12(10,11)8-10/h3,5,13H,2,4,6-9H2,1H3. The molecule has 3 unspecified atom stereocenters. The molecule has 0 radical (unpaired) electrons. The summed E-state index contributed by atoms with van der Waals surface area (Å²) in [6, 6.07) is 0. The van der Waals surface area contributed by atoms with Crippen molar-refractivity contribution in [3.63, 3.8) is 0 Å². The third-order valence-electron chi connectivity index (χ3n) is 5.22. The maximum Gasteiger partial charge on any atom is 0.0496 e. The molecule has 0 aliphatic heterocycles. The Kier molecular flexibility index (Phi) is 1.26. The van der Waals surface area contributed by atoms with Gasteiger partial charge in [-0.15, -0.1) is 0 Å². The van der Waals surface area contributed by atoms with Crippen LogP contribution in [0.2, 0.25) is 0 Å². The van der Waals surface area contributed by atoms with Crippen LogP contribution < -0.4 is 0 Å². The Bertz CT molecular complexity index is 283. The number of rotatable bonds is 1. The van der Waals surface area contributed by atoms with Crippen LogP contribution in [0.3, 0.4) is 0 Å². The molecule has 0 heterocycles. The van der Waals surface area contributed by atoms with Crippen molar-refractivity contribution in [3.05, 3.63) is 12.2 Å². The van der Waals surface area contributed by atoms with Crippen LogP contribution in [0, 0.1) is 16.2 Å². The van der Waals surface area contributed by atoms with Gasteiger partial charge in [0.25, 0.3) is 0 Å². The van der Waals surface area contributed by atoms with E-state index < -0.39 is 0 Å². The smallest absolute Gasteiger partial charge is 0.0496 e. The van der Waals surface area contributed by atoms with E-state index in [1.165, 1.54) is 32.1 Å². The minimum Gasteiger partial charge on any atom is -0.396 e. The number of aliphatic hydroxyl groups is 1. The minimum absolute atomic E-state index is 0.274. The molecule has 72 valence electrons. The second-order valence-corrected chi connectivity index (χ2v) is 5.59. The largest absolute Gasteiger partial charge is 0.396 e. The van der Waals surface area contributed by atoms with Gasteiger partial charge in [-0.2, -0.15) is 0 Å². The van der Waals surface area contributed by atoms with E-state index in [1.54, 1.807) is 0 Å². The molecule has 1 nitrogen and oxygen atoms in total. The Labute approximate surface area is 79.8 Å². The van der Waals surface area contributed by atoms with Crippen LogP contribution in [0.25, 0.3) is 0 Å². The molecule has 1 N–H and O–H groups in total. The van der Waals surface area contributed by atoms with Gasteiger partial charge in [0.05, 0.1) is 0 Å². The first-order chi connectivity index (χ1) is 6.18. The first-order valence-electron chi connectivity index (χ1n) is 5.47. The maximum atomic E-state index is 9.62. The van der Waals surface area contributed by atoms with Gasteiger partial charge in [-0.1, -0.05) is 19.1 Å². The Hall–Kier alpha value is -0.300. The van der Waals surface area contributed by atoms with E-state index in [-0.39, 0.29) is 5.41 Å². The first kappa shape index (κ1) is 8.05. The maximum absolute atomic E-state index is 9.62. The zero-order valence-electron chi connectivity index (χ0n) is 8.34. The van der Waals surface area contributed by atoms with E-state index in [1.807, 2.05) is 0 Å². The lowest BCUT2D eigenvalue weighted by Gasteiger charge is -2.38. The van der Waals surface area contributed by atoms with Crippen molar-refractivity contribution in [1.82, 2.24) is 0 Å². The minimum atomic E-state index is 0.274. The summed E-state index contributed by atoms with van der Waals surface area (Å²) in [6.07, 6.45) is 11.1. The van der Waals surface area contributed by atoms with Crippen LogP contribution in [-0.4, -0.2) is 11.7 Å². The molecule has 2 saturated carbocycles. The normalized spacial score (nSPS) is 57.4. The zero-order valence-corrected chi connectivity index (χ0v) is 8.34. The van der Waals surface area contributed by atoms with Crippen molar-refractivity contribution in [2.45, 2.75) is 39.0 Å². The average molecular weight is 178 g/mol. The van der Waals surface area contributed by atoms with Gasteiger partial charge in [0.2, 0.25) is 0 Å². The molecular formula is C12H18O. The van der Waals surface area contributed by atoms with Crippen molar-refractivity contribution >= 4 is 0 Å². The van der Waals surface area contributed by atoms with Crippen LogP contribution in [0.5, 0.6) is 0 Å². The Morgan fingerprint density at radius 2 is 2.15 bits per heavy atom. The molecule has 13 heavy (non-hydrogen) atoms. The van der Waals surface area contributed by atoms with E-state index in [4.69, 9.17) is 0 Å². The van der Waals surface area contributed by atoms with Gasteiger partial charge in [0.15, 0.2) is 0 Å². The number of hydrogen-bond donors (Lipinski definition) is 1. The molecule has 0 aromatic rings. The third-order valence-corrected chi connectivity index (χ3v) is 5.22. The molecule has 0 aromatic carbocycles. The molecule has 1 spiro atoms. The summed E-state index contributed by atoms with van der Waals surface area (Å²) in [6.45, 7) is 2.81. The van der Waals surface area contributed by atoms with Crippen molar-refractivity contribution in [2.24, 2.45) is 16.2 Å². The molecule has 2 fully saturated rings. The predicted molar refractivity (Wildman–Crippen MR) is 52.3 cm³/mol. The monoisotopic (exact) mass is 178 g/mol. The van der Waals surface area contributed by atoms with Gasteiger partial charge in [-0.25, -0.2) is 0 Å². The van der Waals surface area contributed by atoms with Crippen molar-refractivity contribution in [3.8, 4) is 0 Å². The number of allylic oxidation sites excluding steroid dienone is 2. The highest BCUT2D eigenvalue weighted by Crippen LogP contribution is 2.82. The van der Waals surface area contributed by atoms with E-state index in [9.17, 15) is 5.11 Å². The number of hydrogen-bond acceptors (Lipinski definition) is 1. The second-order valence-electron chi connectivity index (χ2n) is 5.59. The molecule has 0 aromatic heterocycles. The van der Waals surface area contributed by atoms with Gasteiger partial charge in [0, 0.05) is 17.4 Å². The van der Waals surface area contributed by atoms with Gasteiger partial charge >= 0.3 is 0 Å². The fourth-order valence-corrected chi connectivity index (χ4v) is 4.18. The SMILES string of the molecule is CC12CCC3(CO)CCC=CC13C2. The van der Waals surface area contributed by atoms with Crippen LogP contribution in [-0.2, 0) is 0 Å². The Morgan fingerprint density at radius 1 is 1.31 bits per heavy atom. The molecule has 0 bridgehead atoms. The molecule has 3 atom stereocenters. The molecular weight excluding hydrogens is 160 g/mol. The Morgan fingerprint density at radius 3 is 2.77 bits per heavy atom. The van der Waals surface area contributed by atoms with Crippen LogP contribution >= 0.6 is 0 Å². The van der Waals surface area contributed by atoms with Crippen LogP contribution in [0.4, 0.5) is 0 Å². The lowest BCUT2D eigenvalue weighted by Crippen LogP contribution is -2.34. The zero-order chi connectivity index (χ0) is 9.16. The first-order valence-corrected chi connectivity index (χ1v) is 5.47. The molecule has 3 aliphatic carbocycles. The average Bonchev–Trinajstić information content (AvgIpc) is 2.65. The van der Waals surface area contributed by atoms with Crippen LogP contribution in [0.15, 0.2) is 12.2 Å². The molecule has 1 heteroatoms. The highest BCUT2D eigenvalue weighted by atomic mass is 16.3. The van der Waals surface area contributed by atoms with Gasteiger partial charge in [0.1, 0.15) is 0 Å². The second kappa shape index (κ2) is 2.03. The topological polar surface area (TPSA) is 20.2 Å². The van der Waals surface area contributed by atoms with E-state index in [0.29, 0.717) is 17.4 Å². The van der Waals surface area contributed by atoms with E-state index in [2.05, 4.69) is 19.1 Å². The van der Waals surface area contributed by atoms with Crippen molar-refractivity contribution in [2.75, 3.05) is 6.61 Å². The summed E-state index contributed by atoms with van der Waals surface area (Å²) in [7, 11) is 0. The fraction of sp³-hybridized carbons (Fsp3) is 0.833. The summed E-state index contributed by atoms with van der Waals surface area (Å²) in [5.41, 5.74) is 1.23. The number of aliphatic hydroxyl groups excluding tert-OH is 1. The van der Waals surface area contributed by atoms with Gasteiger partial charge in [-0.05, 0) is 37.5 Å². The van der Waals surface area contributed by atoms with Gasteiger partial charge in [-0.3, -0.25) is 0 Å². The molecule has 0 saturated heterocycles. The summed E-state index contributed by atoms with van der Waals surface area (Å²) < 4.78 is 0. The van der Waals surface area contributed by atoms with E-state index >= 15 is 0 Å². The third kappa shape index (κ3) is 0.665. The van der Waals surface area contributed by atoms with E-state index in [0.717, 1.165) is 0 Å². The summed E-state index contributed by atoms with van der Waals surface area (Å²) >= 11 is 0. The molecule has 0 amide bonds. The summed E-state index contributed by atoms with van der Waals surface area (Å²) in [4.78, 5) is 0. The fourth-order valence-electron chi connectivity index (χ4n) is 4.18. The quantitative estimate of drug-likeness (QED) is 0.612. The lowest BCUT2D eigenvalue weighted by molar-refractivity contribution is 0.0616. The lowest BCUT2D eigenvalue weighted by atomic mass is 9.67. The summed E-state index contributed by atoms with van der Waals surface area (Å²) in [5.74, 6) is 0. The van der Waals surface area contributed by atoms with Crippen LogP contribution in [0.1, 0.15) is 39.0 Å². The highest BCUT2D eigenvalue weighted by molar-refractivity contribution is 5.33. The van der Waals surface area contributed by atoms with Crippen molar-refractivity contribution < 1.29 is 5.11 Å².